The Morgan fingerprint density at radius 2 is 1.95 bits per heavy atom. The van der Waals surface area contributed by atoms with E-state index >= 15 is 0 Å². The van der Waals surface area contributed by atoms with Gasteiger partial charge in [0, 0.05) is 12.6 Å². The molecule has 1 aliphatic rings. The molecule has 20 heavy (non-hydrogen) atoms. The van der Waals surface area contributed by atoms with Crippen LogP contribution in [0.5, 0.6) is 0 Å². The molecule has 4 nitrogen and oxygen atoms in total. The first-order valence-corrected chi connectivity index (χ1v) is 8.10. The third kappa shape index (κ3) is 3.34. The Morgan fingerprint density at radius 1 is 1.30 bits per heavy atom. The minimum Gasteiger partial charge on any atom is -0.329 e. The van der Waals surface area contributed by atoms with Crippen LogP contribution >= 0.6 is 0 Å². The number of benzene rings is 1. The Balaban J connectivity index is 2.23. The molecule has 3 N–H and O–H groups in total. The fraction of sp³-hybridized carbons (Fsp3) is 0.538. The largest absolute Gasteiger partial charge is 0.329 e. The molecule has 7 heteroatoms. The normalized spacial score (nSPS) is 18.4. The lowest BCUT2D eigenvalue weighted by molar-refractivity contribution is 0.404. The fourth-order valence-electron chi connectivity index (χ4n) is 2.64. The Bertz CT molecular complexity index is 572. The highest BCUT2D eigenvalue weighted by Gasteiger charge is 2.29. The van der Waals surface area contributed by atoms with Crippen LogP contribution in [-0.2, 0) is 10.0 Å². The predicted molar refractivity (Wildman–Crippen MR) is 71.5 cm³/mol. The van der Waals surface area contributed by atoms with E-state index in [2.05, 4.69) is 4.72 Å². The van der Waals surface area contributed by atoms with Crippen molar-refractivity contribution in [2.45, 2.75) is 36.6 Å². The molecule has 1 fully saturated rings. The average Bonchev–Trinajstić information content (AvgIpc) is 2.92. The number of nitrogens with two attached hydrogens (primary N) is 1. The third-order valence-electron chi connectivity index (χ3n) is 3.71. The van der Waals surface area contributed by atoms with Crippen molar-refractivity contribution in [2.75, 3.05) is 6.54 Å². The van der Waals surface area contributed by atoms with Gasteiger partial charge in [-0.1, -0.05) is 12.8 Å². The lowest BCUT2D eigenvalue weighted by Crippen LogP contribution is -2.44. The summed E-state index contributed by atoms with van der Waals surface area (Å²) in [6.45, 7) is 0.140. The highest BCUT2D eigenvalue weighted by molar-refractivity contribution is 7.89. The topological polar surface area (TPSA) is 72.2 Å². The van der Waals surface area contributed by atoms with Gasteiger partial charge in [-0.25, -0.2) is 21.9 Å². The van der Waals surface area contributed by atoms with Gasteiger partial charge in [0.05, 0.1) is 0 Å². The molecule has 0 heterocycles. The summed E-state index contributed by atoms with van der Waals surface area (Å²) in [5.41, 5.74) is 5.61. The summed E-state index contributed by atoms with van der Waals surface area (Å²) in [4.78, 5) is -0.672. The Kier molecular flexibility index (Phi) is 4.72. The molecule has 1 aliphatic carbocycles. The number of hydrogen-bond donors (Lipinski definition) is 2. The van der Waals surface area contributed by atoms with Gasteiger partial charge in [0.25, 0.3) is 0 Å². The van der Waals surface area contributed by atoms with Crippen LogP contribution in [0.25, 0.3) is 0 Å². The Morgan fingerprint density at radius 3 is 2.55 bits per heavy atom. The van der Waals surface area contributed by atoms with Crippen LogP contribution in [0.1, 0.15) is 25.7 Å². The van der Waals surface area contributed by atoms with Gasteiger partial charge in [0.15, 0.2) is 0 Å². The second kappa shape index (κ2) is 6.15. The van der Waals surface area contributed by atoms with E-state index in [1.165, 1.54) is 0 Å². The maximum absolute atomic E-state index is 13.6. The quantitative estimate of drug-likeness (QED) is 0.870. The van der Waals surface area contributed by atoms with Gasteiger partial charge in [-0.15, -0.1) is 0 Å². The standard InChI is InChI=1S/C13H18F2N2O2S/c14-10-5-6-11(15)13(7-10)20(18,19)17-12(8-16)9-3-1-2-4-9/h5-7,9,12,17H,1-4,8,16H2. The minimum absolute atomic E-state index is 0.140. The average molecular weight is 304 g/mol. The lowest BCUT2D eigenvalue weighted by atomic mass is 9.99. The van der Waals surface area contributed by atoms with Gasteiger partial charge in [0.1, 0.15) is 16.5 Å². The first-order valence-electron chi connectivity index (χ1n) is 6.61. The summed E-state index contributed by atoms with van der Waals surface area (Å²) in [6.07, 6.45) is 3.88. The summed E-state index contributed by atoms with van der Waals surface area (Å²) in [6, 6.07) is 1.92. The van der Waals surface area contributed by atoms with Crippen LogP contribution in [0.4, 0.5) is 8.78 Å². The van der Waals surface area contributed by atoms with Crippen molar-refractivity contribution in [1.29, 1.82) is 0 Å². The van der Waals surface area contributed by atoms with Crippen molar-refractivity contribution < 1.29 is 17.2 Å². The summed E-state index contributed by atoms with van der Waals surface area (Å²) in [5, 5.41) is 0. The molecule has 0 amide bonds. The zero-order chi connectivity index (χ0) is 14.8. The SMILES string of the molecule is NCC(NS(=O)(=O)c1cc(F)ccc1F)C1CCCC1. The second-order valence-corrected chi connectivity index (χ2v) is 6.77. The first-order chi connectivity index (χ1) is 9.44. The van der Waals surface area contributed by atoms with Gasteiger partial charge in [-0.2, -0.15) is 0 Å². The van der Waals surface area contributed by atoms with E-state index in [1.54, 1.807) is 0 Å². The molecule has 0 saturated heterocycles. The number of hydrogen-bond acceptors (Lipinski definition) is 3. The number of rotatable bonds is 5. The maximum atomic E-state index is 13.6. The van der Waals surface area contributed by atoms with Crippen molar-refractivity contribution in [2.24, 2.45) is 11.7 Å². The Labute approximate surface area is 117 Å². The molecule has 1 saturated carbocycles. The zero-order valence-corrected chi connectivity index (χ0v) is 11.8. The van der Waals surface area contributed by atoms with E-state index in [9.17, 15) is 17.2 Å². The third-order valence-corrected chi connectivity index (χ3v) is 5.22. The molecular weight excluding hydrogens is 286 g/mol. The molecule has 1 aromatic rings. The summed E-state index contributed by atoms with van der Waals surface area (Å²) in [7, 11) is -4.11. The smallest absolute Gasteiger partial charge is 0.243 e. The van der Waals surface area contributed by atoms with Crippen LogP contribution in [0.2, 0.25) is 0 Å². The molecule has 1 aromatic carbocycles. The van der Waals surface area contributed by atoms with Crippen molar-refractivity contribution in [3.63, 3.8) is 0 Å². The summed E-state index contributed by atoms with van der Waals surface area (Å²) in [5.74, 6) is -1.61. The lowest BCUT2D eigenvalue weighted by Gasteiger charge is -2.23. The van der Waals surface area contributed by atoms with Gasteiger partial charge >= 0.3 is 0 Å². The monoisotopic (exact) mass is 304 g/mol. The number of halogens is 2. The predicted octanol–water partition coefficient (Wildman–Crippen LogP) is 1.76. The molecular formula is C13H18F2N2O2S. The van der Waals surface area contributed by atoms with Crippen molar-refractivity contribution in [1.82, 2.24) is 4.72 Å². The number of nitrogens with one attached hydrogen (secondary N) is 1. The second-order valence-electron chi connectivity index (χ2n) is 5.08. The molecule has 2 rings (SSSR count). The van der Waals surface area contributed by atoms with E-state index in [4.69, 9.17) is 5.73 Å². The molecule has 112 valence electrons. The highest BCUT2D eigenvalue weighted by atomic mass is 32.2. The van der Waals surface area contributed by atoms with Crippen molar-refractivity contribution in [3.05, 3.63) is 29.8 Å². The van der Waals surface area contributed by atoms with Gasteiger partial charge in [-0.3, -0.25) is 0 Å². The van der Waals surface area contributed by atoms with Crippen molar-refractivity contribution in [3.8, 4) is 0 Å². The van der Waals surface area contributed by atoms with E-state index in [0.29, 0.717) is 6.07 Å². The highest BCUT2D eigenvalue weighted by Crippen LogP contribution is 2.28. The molecule has 0 aromatic heterocycles. The van der Waals surface area contributed by atoms with E-state index < -0.39 is 32.6 Å². The maximum Gasteiger partial charge on any atom is 0.243 e. The molecule has 0 spiro atoms. The molecule has 0 bridgehead atoms. The number of sulfonamides is 1. The molecule has 1 unspecified atom stereocenters. The zero-order valence-electron chi connectivity index (χ0n) is 11.0. The summed E-state index contributed by atoms with van der Waals surface area (Å²) >= 11 is 0. The van der Waals surface area contributed by atoms with Crippen molar-refractivity contribution >= 4 is 10.0 Å². The molecule has 0 aliphatic heterocycles. The fourth-order valence-corrected chi connectivity index (χ4v) is 4.05. The van der Waals surface area contributed by atoms with Crippen LogP contribution in [0.15, 0.2) is 23.1 Å². The van der Waals surface area contributed by atoms with E-state index in [1.807, 2.05) is 0 Å². The van der Waals surface area contributed by atoms with Crippen LogP contribution in [0.3, 0.4) is 0 Å². The van der Waals surface area contributed by atoms with Crippen LogP contribution < -0.4 is 10.5 Å². The Hall–Kier alpha value is -1.05. The summed E-state index contributed by atoms with van der Waals surface area (Å²) < 4.78 is 53.4. The van der Waals surface area contributed by atoms with Gasteiger partial charge < -0.3 is 5.73 Å². The molecule has 0 radical (unpaired) electrons. The van der Waals surface area contributed by atoms with Crippen LogP contribution in [-0.4, -0.2) is 21.0 Å². The first kappa shape index (κ1) is 15.3. The van der Waals surface area contributed by atoms with E-state index in [0.717, 1.165) is 37.8 Å². The minimum atomic E-state index is -4.11. The van der Waals surface area contributed by atoms with E-state index in [-0.39, 0.29) is 12.5 Å². The van der Waals surface area contributed by atoms with Crippen LogP contribution in [0, 0.1) is 17.6 Å². The van der Waals surface area contributed by atoms with Gasteiger partial charge in [0.2, 0.25) is 10.0 Å². The molecule has 1 atom stereocenters. The van der Waals surface area contributed by atoms with Gasteiger partial charge in [-0.05, 0) is 37.0 Å².